The molecule has 0 saturated carbocycles. The van der Waals surface area contributed by atoms with Crippen LogP contribution in [0.3, 0.4) is 0 Å². The molecule has 19 heavy (non-hydrogen) atoms. The number of aryl methyl sites for hydroxylation is 1. The minimum atomic E-state index is -1.25. The van der Waals surface area contributed by atoms with E-state index in [0.29, 0.717) is 11.8 Å². The highest BCUT2D eigenvalue weighted by atomic mass is 19.1. The molecule has 0 atom stereocenters. The summed E-state index contributed by atoms with van der Waals surface area (Å²) in [5.41, 5.74) is 0.317. The number of hydrogen-bond donors (Lipinski definition) is 1. The lowest BCUT2D eigenvalue weighted by molar-refractivity contribution is 0.0693. The number of carbonyl (C=O) groups is 1. The molecule has 0 fully saturated rings. The van der Waals surface area contributed by atoms with E-state index < -0.39 is 17.6 Å². The van der Waals surface area contributed by atoms with Crippen LogP contribution >= 0.6 is 0 Å². The minimum Gasteiger partial charge on any atom is -0.477 e. The summed E-state index contributed by atoms with van der Waals surface area (Å²) in [6, 6.07) is 5.53. The van der Waals surface area contributed by atoms with Gasteiger partial charge in [-0.2, -0.15) is 0 Å². The van der Waals surface area contributed by atoms with Gasteiger partial charge in [0.15, 0.2) is 11.6 Å². The van der Waals surface area contributed by atoms with Gasteiger partial charge in [-0.15, -0.1) is 0 Å². The van der Waals surface area contributed by atoms with E-state index in [4.69, 9.17) is 9.84 Å². The van der Waals surface area contributed by atoms with E-state index in [1.807, 2.05) is 0 Å². The maximum Gasteiger partial charge on any atom is 0.341 e. The maximum atomic E-state index is 13.4. The average Bonchev–Trinajstić information content (AvgIpc) is 2.32. The number of nitrogens with zero attached hydrogens (tertiary/aromatic N) is 1. The van der Waals surface area contributed by atoms with Crippen molar-refractivity contribution in [3.8, 4) is 11.6 Å². The van der Waals surface area contributed by atoms with E-state index in [2.05, 4.69) is 4.98 Å². The molecular weight excluding hydrogens is 256 g/mol. The lowest BCUT2D eigenvalue weighted by Gasteiger charge is -2.09. The SMILES string of the molecule is Cc1ccc(C(=O)O)c(Oc2ccc(F)cc2F)n1. The van der Waals surface area contributed by atoms with Gasteiger partial charge in [-0.3, -0.25) is 0 Å². The van der Waals surface area contributed by atoms with E-state index in [9.17, 15) is 13.6 Å². The van der Waals surface area contributed by atoms with Crippen LogP contribution in [-0.2, 0) is 0 Å². The maximum absolute atomic E-state index is 13.4. The number of rotatable bonds is 3. The third kappa shape index (κ3) is 2.85. The fourth-order valence-electron chi connectivity index (χ4n) is 1.44. The number of halogens is 2. The number of aromatic nitrogens is 1. The monoisotopic (exact) mass is 265 g/mol. The molecule has 2 aromatic rings. The molecule has 1 aromatic heterocycles. The molecule has 6 heteroatoms. The topological polar surface area (TPSA) is 59.4 Å². The highest BCUT2D eigenvalue weighted by molar-refractivity contribution is 5.90. The number of hydrogen-bond acceptors (Lipinski definition) is 3. The van der Waals surface area contributed by atoms with Gasteiger partial charge in [0.25, 0.3) is 0 Å². The van der Waals surface area contributed by atoms with Crippen molar-refractivity contribution in [2.45, 2.75) is 6.92 Å². The summed E-state index contributed by atoms with van der Waals surface area (Å²) in [7, 11) is 0. The van der Waals surface area contributed by atoms with Crippen LogP contribution in [0, 0.1) is 18.6 Å². The Morgan fingerprint density at radius 1 is 1.26 bits per heavy atom. The van der Waals surface area contributed by atoms with Crippen LogP contribution in [0.25, 0.3) is 0 Å². The molecule has 0 spiro atoms. The summed E-state index contributed by atoms with van der Waals surface area (Å²) < 4.78 is 31.3. The van der Waals surface area contributed by atoms with Crippen LogP contribution in [-0.4, -0.2) is 16.1 Å². The van der Waals surface area contributed by atoms with E-state index in [-0.39, 0.29) is 17.2 Å². The minimum absolute atomic E-state index is 0.200. The number of pyridine rings is 1. The highest BCUT2D eigenvalue weighted by Crippen LogP contribution is 2.26. The molecule has 1 heterocycles. The molecule has 0 radical (unpaired) electrons. The van der Waals surface area contributed by atoms with Gasteiger partial charge in [0.1, 0.15) is 11.4 Å². The van der Waals surface area contributed by atoms with Crippen molar-refractivity contribution in [1.29, 1.82) is 0 Å². The molecular formula is C13H9F2NO3. The number of benzene rings is 1. The van der Waals surface area contributed by atoms with Gasteiger partial charge >= 0.3 is 5.97 Å². The molecule has 2 rings (SSSR count). The Morgan fingerprint density at radius 2 is 2.00 bits per heavy atom. The van der Waals surface area contributed by atoms with E-state index in [1.165, 1.54) is 12.1 Å². The zero-order chi connectivity index (χ0) is 14.0. The van der Waals surface area contributed by atoms with Crippen LogP contribution in [0.4, 0.5) is 8.78 Å². The van der Waals surface area contributed by atoms with Crippen molar-refractivity contribution in [3.63, 3.8) is 0 Å². The third-order valence-corrected chi connectivity index (χ3v) is 2.33. The second kappa shape index (κ2) is 5.01. The molecule has 0 unspecified atom stereocenters. The second-order valence-corrected chi connectivity index (χ2v) is 3.79. The number of aromatic carboxylic acids is 1. The molecule has 0 aliphatic rings. The van der Waals surface area contributed by atoms with Crippen molar-refractivity contribution < 1.29 is 23.4 Å². The first-order valence-electron chi connectivity index (χ1n) is 5.31. The van der Waals surface area contributed by atoms with Crippen molar-refractivity contribution in [2.75, 3.05) is 0 Å². The summed E-state index contributed by atoms with van der Waals surface area (Å²) in [5.74, 6) is -3.45. The summed E-state index contributed by atoms with van der Waals surface area (Å²) >= 11 is 0. The van der Waals surface area contributed by atoms with Gasteiger partial charge in [0, 0.05) is 11.8 Å². The number of carboxylic acid groups (broad SMARTS) is 1. The van der Waals surface area contributed by atoms with E-state index in [1.54, 1.807) is 6.92 Å². The van der Waals surface area contributed by atoms with Gasteiger partial charge in [0.05, 0.1) is 0 Å². The molecule has 1 N–H and O–H groups in total. The zero-order valence-corrected chi connectivity index (χ0v) is 9.85. The Bertz CT molecular complexity index is 644. The van der Waals surface area contributed by atoms with Gasteiger partial charge in [-0.25, -0.2) is 18.6 Å². The predicted molar refractivity (Wildman–Crippen MR) is 62.4 cm³/mol. The van der Waals surface area contributed by atoms with Gasteiger partial charge in [-0.1, -0.05) is 0 Å². The van der Waals surface area contributed by atoms with Gasteiger partial charge in [0.2, 0.25) is 5.88 Å². The molecule has 98 valence electrons. The smallest absolute Gasteiger partial charge is 0.341 e. The van der Waals surface area contributed by atoms with Crippen LogP contribution in [0.2, 0.25) is 0 Å². The third-order valence-electron chi connectivity index (χ3n) is 2.33. The quantitative estimate of drug-likeness (QED) is 0.926. The molecule has 4 nitrogen and oxygen atoms in total. The summed E-state index contributed by atoms with van der Waals surface area (Å²) in [6.07, 6.45) is 0. The lowest BCUT2D eigenvalue weighted by Crippen LogP contribution is -2.03. The largest absolute Gasteiger partial charge is 0.477 e. The Labute approximate surface area is 107 Å². The normalized spacial score (nSPS) is 10.3. The molecule has 0 aliphatic carbocycles. The summed E-state index contributed by atoms with van der Waals surface area (Å²) in [4.78, 5) is 14.9. The van der Waals surface area contributed by atoms with Crippen LogP contribution in [0.5, 0.6) is 11.6 Å². The van der Waals surface area contributed by atoms with E-state index >= 15 is 0 Å². The van der Waals surface area contributed by atoms with Gasteiger partial charge in [-0.05, 0) is 31.2 Å². The summed E-state index contributed by atoms with van der Waals surface area (Å²) in [6.45, 7) is 1.64. The Hall–Kier alpha value is -2.50. The standard InChI is InChI=1S/C13H9F2NO3/c1-7-2-4-9(13(17)18)12(16-7)19-11-5-3-8(14)6-10(11)15/h2-6H,1H3,(H,17,18). The first-order valence-corrected chi connectivity index (χ1v) is 5.31. The second-order valence-electron chi connectivity index (χ2n) is 3.79. The Balaban J connectivity index is 2.42. The van der Waals surface area contributed by atoms with E-state index in [0.717, 1.165) is 12.1 Å². The fraction of sp³-hybridized carbons (Fsp3) is 0.0769. The van der Waals surface area contributed by atoms with Crippen molar-refractivity contribution in [2.24, 2.45) is 0 Å². The summed E-state index contributed by atoms with van der Waals surface area (Å²) in [5, 5.41) is 8.97. The van der Waals surface area contributed by atoms with Gasteiger partial charge < -0.3 is 9.84 Å². The Kier molecular flexibility index (Phi) is 3.41. The van der Waals surface area contributed by atoms with Crippen LogP contribution in [0.1, 0.15) is 16.1 Å². The Morgan fingerprint density at radius 3 is 2.63 bits per heavy atom. The average molecular weight is 265 g/mol. The lowest BCUT2D eigenvalue weighted by atomic mass is 10.2. The molecule has 0 saturated heterocycles. The van der Waals surface area contributed by atoms with Crippen LogP contribution < -0.4 is 4.74 Å². The number of carboxylic acids is 1. The molecule has 0 aliphatic heterocycles. The number of ether oxygens (including phenoxy) is 1. The molecule has 0 amide bonds. The first-order chi connectivity index (χ1) is 8.97. The fourth-order valence-corrected chi connectivity index (χ4v) is 1.44. The molecule has 1 aromatic carbocycles. The van der Waals surface area contributed by atoms with Crippen molar-refractivity contribution >= 4 is 5.97 Å². The molecule has 0 bridgehead atoms. The highest BCUT2D eigenvalue weighted by Gasteiger charge is 2.15. The van der Waals surface area contributed by atoms with Crippen LogP contribution in [0.15, 0.2) is 30.3 Å². The zero-order valence-electron chi connectivity index (χ0n) is 9.85. The van der Waals surface area contributed by atoms with Crippen molar-refractivity contribution in [3.05, 3.63) is 53.2 Å². The predicted octanol–water partition coefficient (Wildman–Crippen LogP) is 3.16. The first kappa shape index (κ1) is 12.9. The van der Waals surface area contributed by atoms with Crippen molar-refractivity contribution in [1.82, 2.24) is 4.98 Å².